The molecular formula is C26H37Cl2N3OS. The third kappa shape index (κ3) is 6.72. The van der Waals surface area contributed by atoms with Crippen molar-refractivity contribution in [3.8, 4) is 0 Å². The molecule has 182 valence electrons. The van der Waals surface area contributed by atoms with E-state index in [0.29, 0.717) is 35.4 Å². The first-order chi connectivity index (χ1) is 16.0. The normalized spacial score (nSPS) is 23.9. The van der Waals surface area contributed by atoms with E-state index in [9.17, 15) is 0 Å². The number of piperidine rings is 1. The zero-order chi connectivity index (χ0) is 23.2. The van der Waals surface area contributed by atoms with Crippen LogP contribution in [0.25, 0.3) is 0 Å². The Morgan fingerprint density at radius 3 is 2.70 bits per heavy atom. The van der Waals surface area contributed by atoms with Gasteiger partial charge in [-0.1, -0.05) is 29.3 Å². The highest BCUT2D eigenvalue weighted by atomic mass is 35.5. The lowest BCUT2D eigenvalue weighted by molar-refractivity contribution is 0.0466. The number of rotatable bonds is 10. The summed E-state index contributed by atoms with van der Waals surface area (Å²) in [6, 6.07) is 8.74. The predicted octanol–water partition coefficient (Wildman–Crippen LogP) is 5.74. The number of likely N-dealkylation sites (tertiary alicyclic amines) is 2. The lowest BCUT2D eigenvalue weighted by Crippen LogP contribution is -2.45. The third-order valence-corrected chi connectivity index (χ3v) is 8.80. The van der Waals surface area contributed by atoms with E-state index in [4.69, 9.17) is 33.7 Å². The molecule has 1 aromatic heterocycles. The van der Waals surface area contributed by atoms with Crippen molar-refractivity contribution in [2.24, 2.45) is 17.6 Å². The fourth-order valence-electron chi connectivity index (χ4n) is 5.49. The Morgan fingerprint density at radius 1 is 1.18 bits per heavy atom. The molecule has 0 aliphatic carbocycles. The number of hydrogen-bond acceptors (Lipinski definition) is 5. The van der Waals surface area contributed by atoms with Crippen LogP contribution in [-0.4, -0.2) is 61.8 Å². The third-order valence-electron chi connectivity index (χ3n) is 7.51. The molecule has 1 aromatic carbocycles. The first-order valence-electron chi connectivity index (χ1n) is 12.3. The molecule has 4 rings (SSSR count). The SMILES string of the molecule is C[C@H](C1CN(Cc2ccc(Cl)cc2Cl)C[C@@H]1c1ccsc1)N1CCC(COCCCN)CC1. The Labute approximate surface area is 213 Å². The van der Waals surface area contributed by atoms with Gasteiger partial charge in [-0.3, -0.25) is 4.90 Å². The fourth-order valence-corrected chi connectivity index (χ4v) is 6.69. The molecule has 3 heterocycles. The summed E-state index contributed by atoms with van der Waals surface area (Å²) in [5, 5.41) is 6.02. The van der Waals surface area contributed by atoms with Crippen molar-refractivity contribution in [2.45, 2.75) is 44.7 Å². The molecule has 2 aliphatic rings. The first-order valence-corrected chi connectivity index (χ1v) is 13.9. The predicted molar refractivity (Wildman–Crippen MR) is 141 cm³/mol. The molecule has 2 N–H and O–H groups in total. The molecule has 2 aliphatic heterocycles. The summed E-state index contributed by atoms with van der Waals surface area (Å²) in [6.45, 7) is 10.2. The smallest absolute Gasteiger partial charge is 0.0495 e. The van der Waals surface area contributed by atoms with Crippen LogP contribution in [0, 0.1) is 11.8 Å². The van der Waals surface area contributed by atoms with Gasteiger partial charge in [0.1, 0.15) is 0 Å². The highest BCUT2D eigenvalue weighted by molar-refractivity contribution is 7.08. The lowest BCUT2D eigenvalue weighted by Gasteiger charge is -2.40. The summed E-state index contributed by atoms with van der Waals surface area (Å²) in [5.74, 6) is 1.86. The number of hydrogen-bond donors (Lipinski definition) is 1. The molecule has 1 unspecified atom stereocenters. The maximum atomic E-state index is 6.50. The molecule has 0 spiro atoms. The summed E-state index contributed by atoms with van der Waals surface area (Å²) >= 11 is 14.4. The lowest BCUT2D eigenvalue weighted by atomic mass is 9.84. The van der Waals surface area contributed by atoms with Crippen LogP contribution in [0.1, 0.15) is 43.2 Å². The number of nitrogens with two attached hydrogens (primary N) is 1. The van der Waals surface area contributed by atoms with Crippen LogP contribution in [-0.2, 0) is 11.3 Å². The number of nitrogens with zero attached hydrogens (tertiary/aromatic N) is 2. The van der Waals surface area contributed by atoms with E-state index in [-0.39, 0.29) is 0 Å². The molecule has 0 amide bonds. The van der Waals surface area contributed by atoms with Gasteiger partial charge in [-0.2, -0.15) is 11.3 Å². The number of thiophene rings is 1. The van der Waals surface area contributed by atoms with Gasteiger partial charge in [0.25, 0.3) is 0 Å². The Balaban J connectivity index is 1.37. The molecule has 0 bridgehead atoms. The number of halogens is 2. The van der Waals surface area contributed by atoms with Crippen LogP contribution in [0.4, 0.5) is 0 Å². The molecule has 4 nitrogen and oxygen atoms in total. The van der Waals surface area contributed by atoms with Crippen LogP contribution < -0.4 is 5.73 Å². The Kier molecular flexibility index (Phi) is 9.51. The molecule has 0 saturated carbocycles. The van der Waals surface area contributed by atoms with Gasteiger partial charge in [0, 0.05) is 54.9 Å². The second-order valence-electron chi connectivity index (χ2n) is 9.69. The minimum Gasteiger partial charge on any atom is -0.381 e. The summed E-state index contributed by atoms with van der Waals surface area (Å²) in [4.78, 5) is 5.30. The van der Waals surface area contributed by atoms with Gasteiger partial charge >= 0.3 is 0 Å². The van der Waals surface area contributed by atoms with Crippen molar-refractivity contribution in [1.82, 2.24) is 9.80 Å². The molecule has 33 heavy (non-hydrogen) atoms. The quantitative estimate of drug-likeness (QED) is 0.414. The largest absolute Gasteiger partial charge is 0.381 e. The molecule has 2 saturated heterocycles. The van der Waals surface area contributed by atoms with Crippen molar-refractivity contribution in [3.63, 3.8) is 0 Å². The van der Waals surface area contributed by atoms with Crippen molar-refractivity contribution in [3.05, 3.63) is 56.2 Å². The van der Waals surface area contributed by atoms with E-state index in [1.807, 2.05) is 12.1 Å². The van der Waals surface area contributed by atoms with E-state index < -0.39 is 0 Å². The number of ether oxygens (including phenoxy) is 1. The van der Waals surface area contributed by atoms with E-state index in [0.717, 1.165) is 49.9 Å². The van der Waals surface area contributed by atoms with Crippen LogP contribution >= 0.6 is 34.5 Å². The van der Waals surface area contributed by atoms with Gasteiger partial charge in [0.2, 0.25) is 0 Å². The first kappa shape index (κ1) is 25.4. The molecular weight excluding hydrogens is 473 g/mol. The van der Waals surface area contributed by atoms with E-state index >= 15 is 0 Å². The molecule has 7 heteroatoms. The monoisotopic (exact) mass is 509 g/mol. The second-order valence-corrected chi connectivity index (χ2v) is 11.3. The average molecular weight is 511 g/mol. The van der Waals surface area contributed by atoms with Crippen LogP contribution in [0.15, 0.2) is 35.0 Å². The fraction of sp³-hybridized carbons (Fsp3) is 0.615. The molecule has 0 radical (unpaired) electrons. The van der Waals surface area contributed by atoms with Gasteiger partial charge in [0.15, 0.2) is 0 Å². The van der Waals surface area contributed by atoms with Gasteiger partial charge in [-0.25, -0.2) is 0 Å². The van der Waals surface area contributed by atoms with Crippen LogP contribution in [0.2, 0.25) is 10.0 Å². The van der Waals surface area contributed by atoms with E-state index in [2.05, 4.69) is 39.6 Å². The highest BCUT2D eigenvalue weighted by Gasteiger charge is 2.40. The molecule has 2 fully saturated rings. The Bertz CT molecular complexity index is 857. The zero-order valence-corrected chi connectivity index (χ0v) is 21.9. The zero-order valence-electron chi connectivity index (χ0n) is 19.6. The van der Waals surface area contributed by atoms with Gasteiger partial charge in [-0.05, 0) is 97.7 Å². The van der Waals surface area contributed by atoms with E-state index in [1.54, 1.807) is 11.3 Å². The summed E-state index contributed by atoms with van der Waals surface area (Å²) < 4.78 is 5.84. The minimum absolute atomic E-state index is 0.555. The summed E-state index contributed by atoms with van der Waals surface area (Å²) in [5.41, 5.74) is 8.22. The Hall–Kier alpha value is -0.660. The van der Waals surface area contributed by atoms with Crippen LogP contribution in [0.5, 0.6) is 0 Å². The Morgan fingerprint density at radius 2 is 2.00 bits per heavy atom. The maximum absolute atomic E-state index is 6.50. The maximum Gasteiger partial charge on any atom is 0.0495 e. The van der Waals surface area contributed by atoms with Gasteiger partial charge in [-0.15, -0.1) is 0 Å². The van der Waals surface area contributed by atoms with Crippen molar-refractivity contribution in [1.29, 1.82) is 0 Å². The number of benzene rings is 1. The van der Waals surface area contributed by atoms with Crippen molar-refractivity contribution < 1.29 is 4.74 Å². The average Bonchev–Trinajstić information content (AvgIpc) is 3.49. The topological polar surface area (TPSA) is 41.7 Å². The van der Waals surface area contributed by atoms with E-state index in [1.165, 1.54) is 31.5 Å². The van der Waals surface area contributed by atoms with Gasteiger partial charge in [0.05, 0.1) is 0 Å². The summed E-state index contributed by atoms with van der Waals surface area (Å²) in [7, 11) is 0. The summed E-state index contributed by atoms with van der Waals surface area (Å²) in [6.07, 6.45) is 3.42. The van der Waals surface area contributed by atoms with Crippen LogP contribution in [0.3, 0.4) is 0 Å². The standard InChI is InChI=1S/C26H37Cl2N3OS/c1-19(31-9-5-20(6-10-31)17-32-11-2-8-29)24-15-30(16-25(24)22-7-12-33-18-22)14-21-3-4-23(27)13-26(21)28/h3-4,7,12-13,18-20,24-25H,2,5-6,8-11,14-17,29H2,1H3/t19-,24?,25-/m1/s1. The highest BCUT2D eigenvalue weighted by Crippen LogP contribution is 2.39. The van der Waals surface area contributed by atoms with Crippen molar-refractivity contribution >= 4 is 34.5 Å². The molecule has 3 atom stereocenters. The van der Waals surface area contributed by atoms with Gasteiger partial charge < -0.3 is 15.4 Å². The second kappa shape index (κ2) is 12.3. The minimum atomic E-state index is 0.555. The molecule has 2 aromatic rings. The van der Waals surface area contributed by atoms with Crippen molar-refractivity contribution in [2.75, 3.05) is 45.9 Å².